The number of benzene rings is 1. The van der Waals surface area contributed by atoms with Crippen LogP contribution >= 0.6 is 11.8 Å². The molecule has 0 saturated carbocycles. The fourth-order valence-corrected chi connectivity index (χ4v) is 3.69. The number of ether oxygens (including phenoxy) is 1. The minimum atomic E-state index is -0.414. The molecule has 2 atom stereocenters. The van der Waals surface area contributed by atoms with Crippen LogP contribution in [0.4, 0.5) is 0 Å². The van der Waals surface area contributed by atoms with Gasteiger partial charge in [0.05, 0.1) is 12.4 Å². The molecule has 1 aromatic heterocycles. The maximum absolute atomic E-state index is 12.5. The van der Waals surface area contributed by atoms with Crippen molar-refractivity contribution in [2.24, 2.45) is 0 Å². The molecule has 7 nitrogen and oxygen atoms in total. The fraction of sp³-hybridized carbons (Fsp3) is 0.235. The van der Waals surface area contributed by atoms with E-state index in [1.807, 2.05) is 0 Å². The Hall–Kier alpha value is -2.74. The first kappa shape index (κ1) is 17.1. The molecule has 8 heteroatoms. The summed E-state index contributed by atoms with van der Waals surface area (Å²) in [7, 11) is 1.46. The van der Waals surface area contributed by atoms with Gasteiger partial charge in [-0.15, -0.1) is 11.8 Å². The molecule has 0 aliphatic carbocycles. The molecule has 0 spiro atoms. The molecule has 2 N–H and O–H groups in total. The SMILES string of the molecule is COc1cc(C2SC(C)C(=O)N2NC(=O)c2ccncc2)ccc1O. The van der Waals surface area contributed by atoms with Gasteiger partial charge in [0.15, 0.2) is 11.5 Å². The average molecular weight is 359 g/mol. The third kappa shape index (κ3) is 3.39. The van der Waals surface area contributed by atoms with E-state index in [0.717, 1.165) is 5.56 Å². The van der Waals surface area contributed by atoms with Crippen molar-refractivity contribution in [3.63, 3.8) is 0 Å². The van der Waals surface area contributed by atoms with Crippen LogP contribution in [0, 0.1) is 0 Å². The van der Waals surface area contributed by atoms with Crippen LogP contribution < -0.4 is 10.2 Å². The molecule has 0 radical (unpaired) electrons. The molecule has 0 bridgehead atoms. The van der Waals surface area contributed by atoms with E-state index < -0.39 is 5.37 Å². The molecular weight excluding hydrogens is 342 g/mol. The van der Waals surface area contributed by atoms with Crippen LogP contribution in [0.5, 0.6) is 11.5 Å². The van der Waals surface area contributed by atoms with Gasteiger partial charge < -0.3 is 9.84 Å². The van der Waals surface area contributed by atoms with Gasteiger partial charge >= 0.3 is 0 Å². The number of pyridine rings is 1. The van der Waals surface area contributed by atoms with E-state index in [2.05, 4.69) is 10.4 Å². The molecule has 1 aliphatic rings. The van der Waals surface area contributed by atoms with Gasteiger partial charge in [-0.1, -0.05) is 6.07 Å². The van der Waals surface area contributed by atoms with Gasteiger partial charge in [-0.2, -0.15) is 0 Å². The predicted octanol–water partition coefficient (Wildman–Crippen LogP) is 2.10. The third-order valence-corrected chi connectivity index (χ3v) is 5.16. The lowest BCUT2D eigenvalue weighted by molar-refractivity contribution is -0.132. The van der Waals surface area contributed by atoms with Gasteiger partial charge in [0, 0.05) is 18.0 Å². The minimum Gasteiger partial charge on any atom is -0.504 e. The van der Waals surface area contributed by atoms with E-state index >= 15 is 0 Å². The largest absolute Gasteiger partial charge is 0.504 e. The number of aromatic nitrogens is 1. The first-order valence-corrected chi connectivity index (χ1v) is 8.52. The molecule has 1 fully saturated rings. The number of carbonyl (C=O) groups is 2. The number of phenols is 1. The number of thioether (sulfide) groups is 1. The Morgan fingerprint density at radius 1 is 1.32 bits per heavy atom. The van der Waals surface area contributed by atoms with Gasteiger partial charge in [0.25, 0.3) is 11.8 Å². The number of carbonyl (C=O) groups excluding carboxylic acids is 2. The van der Waals surface area contributed by atoms with Gasteiger partial charge in [-0.3, -0.25) is 20.0 Å². The number of aromatic hydroxyl groups is 1. The lowest BCUT2D eigenvalue weighted by Crippen LogP contribution is -2.45. The molecule has 2 unspecified atom stereocenters. The monoisotopic (exact) mass is 359 g/mol. The summed E-state index contributed by atoms with van der Waals surface area (Å²) in [5.41, 5.74) is 3.82. The topological polar surface area (TPSA) is 91.8 Å². The molecule has 1 saturated heterocycles. The highest BCUT2D eigenvalue weighted by atomic mass is 32.2. The number of hydrogen-bond acceptors (Lipinski definition) is 6. The summed E-state index contributed by atoms with van der Waals surface area (Å²) in [6, 6.07) is 8.01. The second kappa shape index (κ2) is 7.02. The third-order valence-electron chi connectivity index (χ3n) is 3.81. The zero-order valence-electron chi connectivity index (χ0n) is 13.7. The number of amides is 2. The van der Waals surface area contributed by atoms with E-state index in [-0.39, 0.29) is 22.8 Å². The van der Waals surface area contributed by atoms with Crippen LogP contribution in [0.2, 0.25) is 0 Å². The maximum atomic E-state index is 12.5. The summed E-state index contributed by atoms with van der Waals surface area (Å²) in [4.78, 5) is 28.7. The number of hydrogen-bond donors (Lipinski definition) is 2. The fourth-order valence-electron chi connectivity index (χ4n) is 2.49. The van der Waals surface area contributed by atoms with E-state index in [1.54, 1.807) is 31.2 Å². The normalized spacial score (nSPS) is 19.8. The Kier molecular flexibility index (Phi) is 4.80. The summed E-state index contributed by atoms with van der Waals surface area (Å²) >= 11 is 1.41. The van der Waals surface area contributed by atoms with E-state index in [1.165, 1.54) is 42.3 Å². The summed E-state index contributed by atoms with van der Waals surface area (Å²) < 4.78 is 5.13. The van der Waals surface area contributed by atoms with Crippen molar-refractivity contribution in [3.8, 4) is 11.5 Å². The average Bonchev–Trinajstić information content (AvgIpc) is 2.91. The van der Waals surface area contributed by atoms with Crippen molar-refractivity contribution in [2.45, 2.75) is 17.5 Å². The summed E-state index contributed by atoms with van der Waals surface area (Å²) in [5, 5.41) is 10.4. The van der Waals surface area contributed by atoms with Gasteiger partial charge in [0.2, 0.25) is 0 Å². The lowest BCUT2D eigenvalue weighted by Gasteiger charge is -2.25. The Labute approximate surface area is 149 Å². The Morgan fingerprint density at radius 2 is 2.04 bits per heavy atom. The number of nitrogens with zero attached hydrogens (tertiary/aromatic N) is 2. The second-order valence-electron chi connectivity index (χ2n) is 5.45. The molecule has 2 aromatic rings. The highest BCUT2D eigenvalue weighted by molar-refractivity contribution is 8.01. The molecule has 25 heavy (non-hydrogen) atoms. The second-order valence-corrected chi connectivity index (χ2v) is 6.87. The van der Waals surface area contributed by atoms with Crippen LogP contribution in [0.25, 0.3) is 0 Å². The molecule has 1 aliphatic heterocycles. The van der Waals surface area contributed by atoms with Crippen molar-refractivity contribution in [1.29, 1.82) is 0 Å². The number of phenolic OH excluding ortho intramolecular Hbond substituents is 1. The van der Waals surface area contributed by atoms with Crippen LogP contribution in [-0.2, 0) is 4.79 Å². The Bertz CT molecular complexity index is 800. The van der Waals surface area contributed by atoms with Crippen LogP contribution in [0.3, 0.4) is 0 Å². The standard InChI is InChI=1S/C17H17N3O4S/c1-10-16(23)20(19-15(22)11-5-7-18-8-6-11)17(25-10)12-3-4-13(21)14(9-12)24-2/h3-10,17,21H,1-2H3,(H,19,22). The first-order valence-electron chi connectivity index (χ1n) is 7.57. The number of rotatable bonds is 4. The molecular formula is C17H17N3O4S. The van der Waals surface area contributed by atoms with Crippen molar-refractivity contribution in [2.75, 3.05) is 7.11 Å². The van der Waals surface area contributed by atoms with Crippen LogP contribution in [0.15, 0.2) is 42.7 Å². The number of nitrogens with one attached hydrogen (secondary N) is 1. The number of hydrazine groups is 1. The highest BCUT2D eigenvalue weighted by Gasteiger charge is 2.40. The van der Waals surface area contributed by atoms with E-state index in [9.17, 15) is 14.7 Å². The van der Waals surface area contributed by atoms with Crippen molar-refractivity contribution < 1.29 is 19.4 Å². The van der Waals surface area contributed by atoms with Gasteiger partial charge in [-0.05, 0) is 36.8 Å². The molecule has 130 valence electrons. The smallest absolute Gasteiger partial charge is 0.270 e. The van der Waals surface area contributed by atoms with E-state index in [0.29, 0.717) is 11.3 Å². The van der Waals surface area contributed by atoms with Gasteiger partial charge in [0.1, 0.15) is 5.37 Å². The maximum Gasteiger partial charge on any atom is 0.270 e. The highest BCUT2D eigenvalue weighted by Crippen LogP contribution is 2.43. The zero-order chi connectivity index (χ0) is 18.0. The van der Waals surface area contributed by atoms with Crippen LogP contribution in [-0.4, -0.2) is 39.3 Å². The number of methoxy groups -OCH3 is 1. The molecule has 1 aromatic carbocycles. The van der Waals surface area contributed by atoms with Crippen molar-refractivity contribution >= 4 is 23.6 Å². The summed E-state index contributed by atoms with van der Waals surface area (Å²) in [6.07, 6.45) is 3.03. The lowest BCUT2D eigenvalue weighted by atomic mass is 10.2. The van der Waals surface area contributed by atoms with Crippen molar-refractivity contribution in [3.05, 3.63) is 53.9 Å². The van der Waals surface area contributed by atoms with Crippen molar-refractivity contribution in [1.82, 2.24) is 15.4 Å². The predicted molar refractivity (Wildman–Crippen MR) is 93.0 cm³/mol. The summed E-state index contributed by atoms with van der Waals surface area (Å²) in [6.45, 7) is 1.79. The molecule has 2 heterocycles. The van der Waals surface area contributed by atoms with Gasteiger partial charge in [-0.25, -0.2) is 5.01 Å². The first-order chi connectivity index (χ1) is 12.0. The Morgan fingerprint density at radius 3 is 2.72 bits per heavy atom. The Balaban J connectivity index is 1.88. The van der Waals surface area contributed by atoms with Crippen LogP contribution in [0.1, 0.15) is 28.2 Å². The summed E-state index contributed by atoms with van der Waals surface area (Å²) in [5.74, 6) is -0.253. The molecule has 2 amide bonds. The minimum absolute atomic E-state index is 0.0148. The zero-order valence-corrected chi connectivity index (χ0v) is 14.5. The molecule has 3 rings (SSSR count). The van der Waals surface area contributed by atoms with E-state index in [4.69, 9.17) is 4.74 Å². The quantitative estimate of drug-likeness (QED) is 0.869.